The summed E-state index contributed by atoms with van der Waals surface area (Å²) in [6.45, 7) is 6.64. The molecule has 0 unspecified atom stereocenters. The standard InChI is InChI=1S/C17H24N6O2/c1-10-13(16(24)23-9-5-4-6-14(23)19-10)7-8-18-17(25)20-15-11(2)21-22-12(15)3/h4-9H2,1-3H3,(H,21,22)(H2,18,20,25). The van der Waals surface area contributed by atoms with Crippen LogP contribution in [0, 0.1) is 20.8 Å². The predicted octanol–water partition coefficient (Wildman–Crippen LogP) is 1.59. The summed E-state index contributed by atoms with van der Waals surface area (Å²) >= 11 is 0. The fraction of sp³-hybridized carbons (Fsp3) is 0.529. The second kappa shape index (κ2) is 7.08. The van der Waals surface area contributed by atoms with Gasteiger partial charge in [-0.2, -0.15) is 5.10 Å². The number of amides is 2. The number of nitrogens with one attached hydrogen (secondary N) is 3. The number of hydrogen-bond donors (Lipinski definition) is 3. The van der Waals surface area contributed by atoms with Crippen LogP contribution in [0.2, 0.25) is 0 Å². The van der Waals surface area contributed by atoms with Crippen LogP contribution in [0.15, 0.2) is 4.79 Å². The number of anilines is 1. The lowest BCUT2D eigenvalue weighted by Gasteiger charge is -2.19. The number of urea groups is 1. The summed E-state index contributed by atoms with van der Waals surface area (Å²) in [6.07, 6.45) is 3.43. The number of carbonyl (C=O) groups is 1. The molecular weight excluding hydrogens is 320 g/mol. The molecular formula is C17H24N6O2. The SMILES string of the molecule is Cc1n[nH]c(C)c1NC(=O)NCCc1c(C)nc2n(c1=O)CCCC2. The number of rotatable bonds is 4. The molecule has 0 atom stereocenters. The van der Waals surface area contributed by atoms with E-state index in [1.807, 2.05) is 20.8 Å². The van der Waals surface area contributed by atoms with Gasteiger partial charge in [0.15, 0.2) is 0 Å². The molecule has 2 amide bonds. The van der Waals surface area contributed by atoms with Gasteiger partial charge in [-0.05, 0) is 40.0 Å². The quantitative estimate of drug-likeness (QED) is 0.783. The van der Waals surface area contributed by atoms with Crippen LogP contribution in [0.3, 0.4) is 0 Å². The molecule has 1 aliphatic heterocycles. The number of hydrogen-bond acceptors (Lipinski definition) is 4. The summed E-state index contributed by atoms with van der Waals surface area (Å²) in [4.78, 5) is 29.3. The number of aryl methyl sites for hydroxylation is 4. The Labute approximate surface area is 146 Å². The molecule has 0 bridgehead atoms. The maximum Gasteiger partial charge on any atom is 0.319 e. The van der Waals surface area contributed by atoms with Crippen molar-refractivity contribution in [3.63, 3.8) is 0 Å². The van der Waals surface area contributed by atoms with E-state index in [2.05, 4.69) is 25.8 Å². The van der Waals surface area contributed by atoms with Gasteiger partial charge in [-0.3, -0.25) is 14.5 Å². The van der Waals surface area contributed by atoms with Crippen molar-refractivity contribution in [3.8, 4) is 0 Å². The Kier molecular flexibility index (Phi) is 4.87. The summed E-state index contributed by atoms with van der Waals surface area (Å²) < 4.78 is 1.78. The van der Waals surface area contributed by atoms with Crippen LogP contribution in [0.4, 0.5) is 10.5 Å². The topological polar surface area (TPSA) is 105 Å². The van der Waals surface area contributed by atoms with Crippen molar-refractivity contribution in [1.82, 2.24) is 25.1 Å². The van der Waals surface area contributed by atoms with Gasteiger partial charge in [-0.25, -0.2) is 9.78 Å². The van der Waals surface area contributed by atoms with Gasteiger partial charge in [-0.15, -0.1) is 0 Å². The van der Waals surface area contributed by atoms with Crippen LogP contribution in [0.5, 0.6) is 0 Å². The van der Waals surface area contributed by atoms with E-state index in [9.17, 15) is 9.59 Å². The third-order valence-electron chi connectivity index (χ3n) is 4.61. The van der Waals surface area contributed by atoms with E-state index in [1.165, 1.54) is 0 Å². The molecule has 0 aromatic carbocycles. The Hall–Kier alpha value is -2.64. The Balaban J connectivity index is 1.62. The molecule has 0 fully saturated rings. The number of nitrogens with zero attached hydrogens (tertiary/aromatic N) is 3. The number of carbonyl (C=O) groups excluding carboxylic acids is 1. The lowest BCUT2D eigenvalue weighted by Crippen LogP contribution is -2.35. The molecule has 8 heteroatoms. The molecule has 0 spiro atoms. The molecule has 3 N–H and O–H groups in total. The van der Waals surface area contributed by atoms with Gasteiger partial charge in [0.25, 0.3) is 5.56 Å². The van der Waals surface area contributed by atoms with Gasteiger partial charge in [0.1, 0.15) is 5.82 Å². The van der Waals surface area contributed by atoms with Crippen LogP contribution < -0.4 is 16.2 Å². The normalized spacial score (nSPS) is 13.4. The average molecular weight is 344 g/mol. The summed E-state index contributed by atoms with van der Waals surface area (Å²) in [6, 6.07) is -0.309. The Morgan fingerprint density at radius 2 is 2.04 bits per heavy atom. The van der Waals surface area contributed by atoms with Crippen LogP contribution >= 0.6 is 0 Å². The van der Waals surface area contributed by atoms with Gasteiger partial charge in [0.05, 0.1) is 17.1 Å². The minimum atomic E-state index is -0.309. The second-order valence-corrected chi connectivity index (χ2v) is 6.45. The maximum atomic E-state index is 12.6. The zero-order chi connectivity index (χ0) is 18.0. The highest BCUT2D eigenvalue weighted by Gasteiger charge is 2.17. The molecule has 0 saturated carbocycles. The Morgan fingerprint density at radius 3 is 2.76 bits per heavy atom. The fourth-order valence-electron chi connectivity index (χ4n) is 3.21. The van der Waals surface area contributed by atoms with Crippen LogP contribution in [-0.4, -0.2) is 32.3 Å². The minimum absolute atomic E-state index is 0.0333. The monoisotopic (exact) mass is 344 g/mol. The van der Waals surface area contributed by atoms with Crippen molar-refractivity contribution in [2.24, 2.45) is 0 Å². The molecule has 0 radical (unpaired) electrons. The second-order valence-electron chi connectivity index (χ2n) is 6.45. The third kappa shape index (κ3) is 3.57. The number of aromatic amines is 1. The van der Waals surface area contributed by atoms with Crippen molar-refractivity contribution in [2.75, 3.05) is 11.9 Å². The molecule has 25 heavy (non-hydrogen) atoms. The highest BCUT2D eigenvalue weighted by molar-refractivity contribution is 5.90. The number of fused-ring (bicyclic) bond motifs is 1. The lowest BCUT2D eigenvalue weighted by molar-refractivity contribution is 0.252. The molecule has 3 heterocycles. The summed E-state index contributed by atoms with van der Waals surface area (Å²) in [5, 5.41) is 12.4. The van der Waals surface area contributed by atoms with Crippen LogP contribution in [0.25, 0.3) is 0 Å². The fourth-order valence-corrected chi connectivity index (χ4v) is 3.21. The molecule has 2 aromatic heterocycles. The molecule has 8 nitrogen and oxygen atoms in total. The van der Waals surface area contributed by atoms with Crippen molar-refractivity contribution < 1.29 is 4.79 Å². The van der Waals surface area contributed by atoms with Gasteiger partial charge in [0, 0.05) is 30.8 Å². The number of H-pyrrole nitrogens is 1. The van der Waals surface area contributed by atoms with E-state index >= 15 is 0 Å². The number of aromatic nitrogens is 4. The van der Waals surface area contributed by atoms with Gasteiger partial charge < -0.3 is 10.6 Å². The van der Waals surface area contributed by atoms with Crippen molar-refractivity contribution in [2.45, 2.75) is 53.0 Å². The van der Waals surface area contributed by atoms with Gasteiger partial charge in [0.2, 0.25) is 0 Å². The van der Waals surface area contributed by atoms with Gasteiger partial charge in [-0.1, -0.05) is 0 Å². The van der Waals surface area contributed by atoms with Crippen molar-refractivity contribution in [1.29, 1.82) is 0 Å². The molecule has 0 saturated heterocycles. The van der Waals surface area contributed by atoms with Crippen molar-refractivity contribution >= 4 is 11.7 Å². The van der Waals surface area contributed by atoms with E-state index in [4.69, 9.17) is 0 Å². The summed E-state index contributed by atoms with van der Waals surface area (Å²) in [5.74, 6) is 0.883. The van der Waals surface area contributed by atoms with Crippen LogP contribution in [-0.2, 0) is 19.4 Å². The Morgan fingerprint density at radius 1 is 1.24 bits per heavy atom. The van der Waals surface area contributed by atoms with E-state index in [-0.39, 0.29) is 11.6 Å². The first-order valence-electron chi connectivity index (χ1n) is 8.63. The lowest BCUT2D eigenvalue weighted by atomic mass is 10.1. The maximum absolute atomic E-state index is 12.6. The molecule has 3 rings (SSSR count). The van der Waals surface area contributed by atoms with Crippen LogP contribution in [0.1, 0.15) is 41.3 Å². The van der Waals surface area contributed by atoms with Gasteiger partial charge >= 0.3 is 6.03 Å². The zero-order valence-corrected chi connectivity index (χ0v) is 14.9. The smallest absolute Gasteiger partial charge is 0.319 e. The first-order chi connectivity index (χ1) is 12.0. The highest BCUT2D eigenvalue weighted by atomic mass is 16.2. The first kappa shape index (κ1) is 17.2. The van der Waals surface area contributed by atoms with E-state index in [0.717, 1.165) is 48.7 Å². The summed E-state index contributed by atoms with van der Waals surface area (Å²) in [7, 11) is 0. The molecule has 0 aliphatic carbocycles. The van der Waals surface area contributed by atoms with E-state index < -0.39 is 0 Å². The molecule has 2 aromatic rings. The average Bonchev–Trinajstić information content (AvgIpc) is 2.90. The predicted molar refractivity (Wildman–Crippen MR) is 95.0 cm³/mol. The zero-order valence-electron chi connectivity index (χ0n) is 14.9. The summed E-state index contributed by atoms with van der Waals surface area (Å²) in [5.41, 5.74) is 3.71. The highest BCUT2D eigenvalue weighted by Crippen LogP contribution is 2.15. The first-order valence-corrected chi connectivity index (χ1v) is 8.63. The van der Waals surface area contributed by atoms with Crippen molar-refractivity contribution in [3.05, 3.63) is 38.8 Å². The van der Waals surface area contributed by atoms with E-state index in [1.54, 1.807) is 4.57 Å². The largest absolute Gasteiger partial charge is 0.338 e. The molecule has 134 valence electrons. The minimum Gasteiger partial charge on any atom is -0.338 e. The molecule has 1 aliphatic rings. The third-order valence-corrected chi connectivity index (χ3v) is 4.61. The van der Waals surface area contributed by atoms with E-state index in [0.29, 0.717) is 24.2 Å². The Bertz CT molecular complexity index is 832.